The van der Waals surface area contributed by atoms with Crippen LogP contribution in [0.4, 0.5) is 0 Å². The van der Waals surface area contributed by atoms with Gasteiger partial charge in [0.15, 0.2) is 0 Å². The number of amides is 2. The van der Waals surface area contributed by atoms with Crippen molar-refractivity contribution in [1.29, 1.82) is 0 Å². The van der Waals surface area contributed by atoms with E-state index in [1.807, 2.05) is 36.4 Å². The van der Waals surface area contributed by atoms with Crippen LogP contribution in [0.1, 0.15) is 34.4 Å². The number of ether oxygens (including phenoxy) is 1. The Morgan fingerprint density at radius 2 is 2.13 bits per heavy atom. The topological polar surface area (TPSA) is 71.5 Å². The van der Waals surface area contributed by atoms with E-state index in [0.29, 0.717) is 23.8 Å². The number of hydrogen-bond donors (Lipinski definition) is 1. The molecule has 1 aliphatic heterocycles. The van der Waals surface area contributed by atoms with Crippen molar-refractivity contribution in [3.05, 3.63) is 74.0 Å². The van der Waals surface area contributed by atoms with E-state index in [1.165, 1.54) is 11.3 Å². The van der Waals surface area contributed by atoms with Crippen LogP contribution in [-0.4, -0.2) is 41.4 Å². The number of aromatic nitrogens is 1. The van der Waals surface area contributed by atoms with E-state index in [0.717, 1.165) is 27.2 Å². The van der Waals surface area contributed by atoms with Gasteiger partial charge in [0, 0.05) is 23.3 Å². The zero-order chi connectivity index (χ0) is 21.3. The van der Waals surface area contributed by atoms with Gasteiger partial charge in [0.2, 0.25) is 0 Å². The van der Waals surface area contributed by atoms with Crippen molar-refractivity contribution in [2.24, 2.45) is 5.92 Å². The molecule has 2 atom stereocenters. The summed E-state index contributed by atoms with van der Waals surface area (Å²) in [7, 11) is 1.71. The molecule has 0 radical (unpaired) electrons. The van der Waals surface area contributed by atoms with Gasteiger partial charge < -0.3 is 15.0 Å². The number of carbonyl (C=O) groups excluding carboxylic acids is 2. The molecular formula is C22H22BrN3O3S. The maximum atomic E-state index is 12.9. The molecule has 1 aromatic heterocycles. The second-order valence-corrected chi connectivity index (χ2v) is 9.36. The highest BCUT2D eigenvalue weighted by Gasteiger charge is 2.33. The summed E-state index contributed by atoms with van der Waals surface area (Å²) in [5, 5.41) is 5.36. The van der Waals surface area contributed by atoms with E-state index >= 15 is 0 Å². The number of benzene rings is 1. The highest BCUT2D eigenvalue weighted by molar-refractivity contribution is 9.10. The first-order valence-corrected chi connectivity index (χ1v) is 11.4. The fraction of sp³-hybridized carbons (Fsp3) is 0.318. The zero-order valence-electron chi connectivity index (χ0n) is 16.7. The maximum absolute atomic E-state index is 12.9. The summed E-state index contributed by atoms with van der Waals surface area (Å²) in [6, 6.07) is 7.24. The van der Waals surface area contributed by atoms with Crippen LogP contribution in [0.15, 0.2) is 57.7 Å². The molecule has 1 aliphatic carbocycles. The lowest BCUT2D eigenvalue weighted by Crippen LogP contribution is -2.48. The highest BCUT2D eigenvalue weighted by Crippen LogP contribution is 2.28. The van der Waals surface area contributed by atoms with Gasteiger partial charge in [-0.15, -0.1) is 11.3 Å². The van der Waals surface area contributed by atoms with Gasteiger partial charge in [-0.2, -0.15) is 0 Å². The third-order valence-corrected chi connectivity index (χ3v) is 6.50. The van der Waals surface area contributed by atoms with Gasteiger partial charge in [-0.1, -0.05) is 41.1 Å². The minimum Gasteiger partial charge on any atom is -0.489 e. The smallest absolute Gasteiger partial charge is 0.271 e. The quantitative estimate of drug-likeness (QED) is 0.709. The molecule has 8 heteroatoms. The predicted molar refractivity (Wildman–Crippen MR) is 119 cm³/mol. The molecule has 4 rings (SSSR count). The number of rotatable bonds is 4. The van der Waals surface area contributed by atoms with Crippen molar-refractivity contribution in [1.82, 2.24) is 15.2 Å². The van der Waals surface area contributed by atoms with E-state index in [-0.39, 0.29) is 18.4 Å². The average molecular weight is 488 g/mol. The SMILES string of the molecule is CC1C=C2OC[C@H](NC(=O)c3csc(Cc4ccc(Br)cc4)n3)C(=O)N(C)C2=CC1. The molecule has 1 aromatic carbocycles. The van der Waals surface area contributed by atoms with Gasteiger partial charge >= 0.3 is 0 Å². The summed E-state index contributed by atoms with van der Waals surface area (Å²) in [6.07, 6.45) is 5.55. The minimum atomic E-state index is -0.762. The second-order valence-electron chi connectivity index (χ2n) is 7.50. The number of nitrogens with one attached hydrogen (secondary N) is 1. The van der Waals surface area contributed by atoms with Crippen molar-refractivity contribution < 1.29 is 14.3 Å². The molecule has 0 saturated carbocycles. The number of allylic oxidation sites excluding steroid dienone is 2. The third-order valence-electron chi connectivity index (χ3n) is 5.13. The maximum Gasteiger partial charge on any atom is 0.271 e. The van der Waals surface area contributed by atoms with Crippen molar-refractivity contribution in [2.75, 3.05) is 13.7 Å². The molecule has 6 nitrogen and oxygen atoms in total. The number of likely N-dealkylation sites (N-methyl/N-ethyl adjacent to an activating group) is 1. The molecule has 1 N–H and O–H groups in total. The van der Waals surface area contributed by atoms with E-state index in [1.54, 1.807) is 17.3 Å². The Morgan fingerprint density at radius 3 is 2.90 bits per heavy atom. The van der Waals surface area contributed by atoms with Gasteiger partial charge in [0.1, 0.15) is 24.1 Å². The Bertz CT molecular complexity index is 1030. The summed E-state index contributed by atoms with van der Waals surface area (Å²) >= 11 is 4.86. The number of thiazole rings is 1. The average Bonchev–Trinajstić information content (AvgIpc) is 3.16. The van der Waals surface area contributed by atoms with Crippen LogP contribution in [-0.2, 0) is 16.0 Å². The Balaban J connectivity index is 1.43. The summed E-state index contributed by atoms with van der Waals surface area (Å²) in [5.74, 6) is 0.493. The molecule has 2 aliphatic rings. The van der Waals surface area contributed by atoms with E-state index in [2.05, 4.69) is 33.2 Å². The molecule has 2 heterocycles. The zero-order valence-corrected chi connectivity index (χ0v) is 19.1. The number of halogens is 1. The largest absolute Gasteiger partial charge is 0.489 e. The number of nitrogens with zero attached hydrogens (tertiary/aromatic N) is 2. The normalized spacial score (nSPS) is 21.2. The fourth-order valence-electron chi connectivity index (χ4n) is 3.44. The van der Waals surface area contributed by atoms with Crippen LogP contribution in [0.3, 0.4) is 0 Å². The monoisotopic (exact) mass is 487 g/mol. The number of hydrogen-bond acceptors (Lipinski definition) is 5. The van der Waals surface area contributed by atoms with Crippen molar-refractivity contribution in [3.8, 4) is 0 Å². The molecule has 1 saturated heterocycles. The van der Waals surface area contributed by atoms with Gasteiger partial charge in [0.25, 0.3) is 11.8 Å². The minimum absolute atomic E-state index is 0.0979. The predicted octanol–water partition coefficient (Wildman–Crippen LogP) is 3.89. The summed E-state index contributed by atoms with van der Waals surface area (Å²) in [4.78, 5) is 31.6. The molecule has 2 amide bonds. The van der Waals surface area contributed by atoms with Crippen LogP contribution >= 0.6 is 27.3 Å². The van der Waals surface area contributed by atoms with Gasteiger partial charge in [-0.3, -0.25) is 9.59 Å². The highest BCUT2D eigenvalue weighted by atomic mass is 79.9. The first-order chi connectivity index (χ1) is 14.4. The van der Waals surface area contributed by atoms with E-state index < -0.39 is 6.04 Å². The lowest BCUT2D eigenvalue weighted by molar-refractivity contribution is -0.129. The van der Waals surface area contributed by atoms with Crippen molar-refractivity contribution in [3.63, 3.8) is 0 Å². The van der Waals surface area contributed by atoms with Crippen LogP contribution < -0.4 is 5.32 Å². The molecule has 156 valence electrons. The van der Waals surface area contributed by atoms with Gasteiger partial charge in [0.05, 0.1) is 10.7 Å². The standard InChI is InChI=1S/C22H22BrN3O3S/c1-13-3-8-18-19(9-13)29-11-16(22(28)26(18)2)25-21(27)17-12-30-20(24-17)10-14-4-6-15(23)7-5-14/h4-9,12-13,16H,3,10-11H2,1-2H3,(H,25,27)/t13?,16-/m0/s1. The Morgan fingerprint density at radius 1 is 1.37 bits per heavy atom. The molecule has 0 bridgehead atoms. The molecular weight excluding hydrogens is 466 g/mol. The Hall–Kier alpha value is -2.45. The van der Waals surface area contributed by atoms with Gasteiger partial charge in [-0.05, 0) is 36.1 Å². The van der Waals surface area contributed by atoms with Crippen LogP contribution in [0.5, 0.6) is 0 Å². The molecule has 1 unspecified atom stereocenters. The van der Waals surface area contributed by atoms with Crippen molar-refractivity contribution in [2.45, 2.75) is 25.8 Å². The van der Waals surface area contributed by atoms with Crippen LogP contribution in [0.25, 0.3) is 0 Å². The summed E-state index contributed by atoms with van der Waals surface area (Å²) in [5.41, 5.74) is 2.20. The first kappa shape index (κ1) is 20.8. The molecule has 30 heavy (non-hydrogen) atoms. The Kier molecular flexibility index (Phi) is 6.06. The summed E-state index contributed by atoms with van der Waals surface area (Å²) < 4.78 is 6.88. The third kappa shape index (κ3) is 4.49. The van der Waals surface area contributed by atoms with E-state index in [9.17, 15) is 9.59 Å². The fourth-order valence-corrected chi connectivity index (χ4v) is 4.51. The second kappa shape index (κ2) is 8.73. The molecule has 0 spiro atoms. The lowest BCUT2D eigenvalue weighted by atomic mass is 10.00. The first-order valence-electron chi connectivity index (χ1n) is 9.73. The van der Waals surface area contributed by atoms with Crippen LogP contribution in [0.2, 0.25) is 0 Å². The summed E-state index contributed by atoms with van der Waals surface area (Å²) in [6.45, 7) is 2.20. The molecule has 1 fully saturated rings. The van der Waals surface area contributed by atoms with Crippen molar-refractivity contribution >= 4 is 39.1 Å². The van der Waals surface area contributed by atoms with E-state index in [4.69, 9.17) is 4.74 Å². The number of carbonyl (C=O) groups is 2. The van der Waals surface area contributed by atoms with Gasteiger partial charge in [-0.25, -0.2) is 4.98 Å². The lowest BCUT2D eigenvalue weighted by Gasteiger charge is -2.23. The number of fused-ring (bicyclic) bond motifs is 1. The Labute approximate surface area is 187 Å². The van der Waals surface area contributed by atoms with Crippen LogP contribution in [0, 0.1) is 5.92 Å². The molecule has 2 aromatic rings.